The number of ether oxygens (including phenoxy) is 2. The van der Waals surface area contributed by atoms with E-state index in [-0.39, 0.29) is 18.1 Å². The van der Waals surface area contributed by atoms with Crippen LogP contribution in [0.15, 0.2) is 24.4 Å². The number of rotatable bonds is 1. The number of methoxy groups -OCH3 is 1. The molecule has 2 saturated heterocycles. The molecule has 2 fully saturated rings. The lowest BCUT2D eigenvalue weighted by Gasteiger charge is -2.34. The van der Waals surface area contributed by atoms with E-state index in [4.69, 9.17) is 9.47 Å². The fourth-order valence-corrected chi connectivity index (χ4v) is 5.95. The summed E-state index contributed by atoms with van der Waals surface area (Å²) in [6, 6.07) is 6.28. The van der Waals surface area contributed by atoms with E-state index in [2.05, 4.69) is 11.0 Å². The standard InChI is InChI=1S/C23H28N2O4/c1-22(2,3)29-21(27)24-13-16-18-14(7-5-8-17(18)24)11-15-12-23(20(26)28-4)9-6-10-25(23)19(15)16/h5,7-8,13,15,19H,6,9-12H2,1-4H3. The summed E-state index contributed by atoms with van der Waals surface area (Å²) in [5.41, 5.74) is 2.20. The van der Waals surface area contributed by atoms with Gasteiger partial charge in [0, 0.05) is 17.6 Å². The summed E-state index contributed by atoms with van der Waals surface area (Å²) in [5.74, 6) is 0.235. The maximum atomic E-state index is 12.9. The molecule has 154 valence electrons. The summed E-state index contributed by atoms with van der Waals surface area (Å²) in [6.07, 6.45) is 5.17. The van der Waals surface area contributed by atoms with Crippen LogP contribution in [0, 0.1) is 5.92 Å². The van der Waals surface area contributed by atoms with Gasteiger partial charge in [-0.3, -0.25) is 14.3 Å². The molecule has 3 atom stereocenters. The maximum absolute atomic E-state index is 12.9. The van der Waals surface area contributed by atoms with Crippen LogP contribution in [0.25, 0.3) is 10.9 Å². The molecule has 0 saturated carbocycles. The van der Waals surface area contributed by atoms with Crippen LogP contribution in [0.1, 0.15) is 57.2 Å². The number of hydrogen-bond acceptors (Lipinski definition) is 5. The van der Waals surface area contributed by atoms with Gasteiger partial charge in [-0.05, 0) is 76.1 Å². The molecular formula is C23H28N2O4. The lowest BCUT2D eigenvalue weighted by Crippen LogP contribution is -2.47. The van der Waals surface area contributed by atoms with Crippen molar-refractivity contribution in [3.8, 4) is 0 Å². The number of hydrogen-bond donors (Lipinski definition) is 0. The molecule has 3 unspecified atom stereocenters. The monoisotopic (exact) mass is 396 g/mol. The average Bonchev–Trinajstić information content (AvgIpc) is 3.31. The van der Waals surface area contributed by atoms with Crippen LogP contribution in [0.4, 0.5) is 4.79 Å². The summed E-state index contributed by atoms with van der Waals surface area (Å²) in [5, 5.41) is 1.15. The van der Waals surface area contributed by atoms with Crippen LogP contribution in [0.3, 0.4) is 0 Å². The zero-order valence-electron chi connectivity index (χ0n) is 17.5. The Morgan fingerprint density at radius 1 is 1.24 bits per heavy atom. The van der Waals surface area contributed by atoms with E-state index in [1.807, 2.05) is 39.1 Å². The highest BCUT2D eigenvalue weighted by Gasteiger charge is 2.60. The molecule has 0 radical (unpaired) electrons. The number of benzene rings is 1. The number of fused-ring (bicyclic) bond motifs is 4. The van der Waals surface area contributed by atoms with Crippen LogP contribution in [0.5, 0.6) is 0 Å². The average molecular weight is 396 g/mol. The Hall–Kier alpha value is -2.34. The molecule has 2 aromatic rings. The van der Waals surface area contributed by atoms with E-state index >= 15 is 0 Å². The lowest BCUT2D eigenvalue weighted by molar-refractivity contribution is -0.152. The van der Waals surface area contributed by atoms with Gasteiger partial charge in [0.1, 0.15) is 11.1 Å². The summed E-state index contributed by atoms with van der Waals surface area (Å²) in [6.45, 7) is 6.52. The largest absolute Gasteiger partial charge is 0.468 e. The van der Waals surface area contributed by atoms with E-state index in [0.717, 1.165) is 48.7 Å². The summed E-state index contributed by atoms with van der Waals surface area (Å²) < 4.78 is 12.5. The molecule has 0 bridgehead atoms. The number of carbonyl (C=O) groups is 2. The Morgan fingerprint density at radius 3 is 2.76 bits per heavy atom. The van der Waals surface area contributed by atoms with Gasteiger partial charge >= 0.3 is 12.1 Å². The number of esters is 1. The first-order valence-electron chi connectivity index (χ1n) is 10.5. The van der Waals surface area contributed by atoms with Crippen molar-refractivity contribution >= 4 is 23.0 Å². The highest BCUT2D eigenvalue weighted by molar-refractivity contribution is 5.95. The molecule has 0 amide bonds. The molecule has 1 aromatic carbocycles. The van der Waals surface area contributed by atoms with Crippen LogP contribution < -0.4 is 0 Å². The van der Waals surface area contributed by atoms with Crippen LogP contribution in [-0.2, 0) is 20.7 Å². The van der Waals surface area contributed by atoms with Gasteiger partial charge in [-0.1, -0.05) is 12.1 Å². The third-order valence-corrected chi connectivity index (χ3v) is 6.82. The number of carbonyl (C=O) groups excluding carboxylic acids is 2. The molecule has 6 nitrogen and oxygen atoms in total. The third-order valence-electron chi connectivity index (χ3n) is 6.82. The van der Waals surface area contributed by atoms with Crippen molar-refractivity contribution < 1.29 is 19.1 Å². The quantitative estimate of drug-likeness (QED) is 0.681. The van der Waals surface area contributed by atoms with Gasteiger partial charge in [-0.15, -0.1) is 0 Å². The van der Waals surface area contributed by atoms with Crippen molar-refractivity contribution in [1.29, 1.82) is 0 Å². The summed E-state index contributed by atoms with van der Waals surface area (Å²) in [4.78, 5) is 28.1. The van der Waals surface area contributed by atoms with E-state index in [1.54, 1.807) is 4.57 Å². The maximum Gasteiger partial charge on any atom is 0.419 e. The molecule has 2 aliphatic heterocycles. The summed E-state index contributed by atoms with van der Waals surface area (Å²) in [7, 11) is 1.49. The third kappa shape index (κ3) is 2.58. The van der Waals surface area contributed by atoms with Crippen molar-refractivity contribution in [3.63, 3.8) is 0 Å². The minimum Gasteiger partial charge on any atom is -0.468 e. The molecule has 3 aliphatic rings. The number of aromatic nitrogens is 1. The van der Waals surface area contributed by atoms with Gasteiger partial charge in [0.15, 0.2) is 0 Å². The van der Waals surface area contributed by atoms with E-state index < -0.39 is 11.1 Å². The van der Waals surface area contributed by atoms with Crippen LogP contribution in [-0.4, -0.2) is 46.3 Å². The molecule has 29 heavy (non-hydrogen) atoms. The Labute approximate surface area is 170 Å². The molecule has 1 aromatic heterocycles. The SMILES string of the molecule is COC(=O)C12CCCN1C1c3cn(C(=O)OC(C)(C)C)c4cccc(c34)CC1C2. The molecule has 1 aliphatic carbocycles. The second-order valence-corrected chi connectivity index (χ2v) is 9.68. The molecule has 3 heterocycles. The Bertz CT molecular complexity index is 1020. The van der Waals surface area contributed by atoms with Gasteiger partial charge in [-0.25, -0.2) is 4.79 Å². The van der Waals surface area contributed by atoms with Crippen molar-refractivity contribution in [1.82, 2.24) is 9.47 Å². The molecule has 5 rings (SSSR count). The topological polar surface area (TPSA) is 60.8 Å². The normalized spacial score (nSPS) is 28.3. The van der Waals surface area contributed by atoms with Gasteiger partial charge in [-0.2, -0.15) is 0 Å². The van der Waals surface area contributed by atoms with Gasteiger partial charge in [0.2, 0.25) is 0 Å². The fourth-order valence-electron chi connectivity index (χ4n) is 5.95. The van der Waals surface area contributed by atoms with E-state index in [0.29, 0.717) is 5.92 Å². The molecule has 6 heteroatoms. The zero-order valence-corrected chi connectivity index (χ0v) is 17.5. The van der Waals surface area contributed by atoms with Crippen molar-refractivity contribution in [2.45, 2.75) is 63.6 Å². The first-order chi connectivity index (χ1) is 13.7. The van der Waals surface area contributed by atoms with Crippen LogP contribution >= 0.6 is 0 Å². The van der Waals surface area contributed by atoms with E-state index in [9.17, 15) is 9.59 Å². The second kappa shape index (κ2) is 6.08. The summed E-state index contributed by atoms with van der Waals surface area (Å²) >= 11 is 0. The highest BCUT2D eigenvalue weighted by atomic mass is 16.6. The van der Waals surface area contributed by atoms with Crippen molar-refractivity contribution in [3.05, 3.63) is 35.5 Å². The van der Waals surface area contributed by atoms with Crippen molar-refractivity contribution in [2.75, 3.05) is 13.7 Å². The zero-order chi connectivity index (χ0) is 20.6. The first kappa shape index (κ1) is 18.7. The second-order valence-electron chi connectivity index (χ2n) is 9.68. The Balaban J connectivity index is 1.64. The fraction of sp³-hybridized carbons (Fsp3) is 0.565. The minimum absolute atomic E-state index is 0.115. The molecule has 0 N–H and O–H groups in total. The Kier molecular flexibility index (Phi) is 3.92. The first-order valence-corrected chi connectivity index (χ1v) is 10.5. The smallest absolute Gasteiger partial charge is 0.419 e. The van der Waals surface area contributed by atoms with E-state index in [1.165, 1.54) is 12.7 Å². The van der Waals surface area contributed by atoms with Gasteiger partial charge in [0.25, 0.3) is 0 Å². The predicted octanol–water partition coefficient (Wildman–Crippen LogP) is 4.05. The van der Waals surface area contributed by atoms with Gasteiger partial charge < -0.3 is 9.47 Å². The minimum atomic E-state index is -0.559. The molecule has 0 spiro atoms. The predicted molar refractivity (Wildman–Crippen MR) is 109 cm³/mol. The van der Waals surface area contributed by atoms with Crippen molar-refractivity contribution in [2.24, 2.45) is 5.92 Å². The van der Waals surface area contributed by atoms with Crippen LogP contribution in [0.2, 0.25) is 0 Å². The van der Waals surface area contributed by atoms with Gasteiger partial charge in [0.05, 0.1) is 12.6 Å². The Morgan fingerprint density at radius 2 is 2.03 bits per heavy atom. The molecular weight excluding hydrogens is 368 g/mol. The number of nitrogens with zero attached hydrogens (tertiary/aromatic N) is 2. The highest BCUT2D eigenvalue weighted by Crippen LogP contribution is 2.57. The lowest BCUT2D eigenvalue weighted by atomic mass is 9.79.